The number of aliphatic hydroxyl groups excluding tert-OH is 1. The number of hydrogen-bond donors (Lipinski definition) is 1. The maximum absolute atomic E-state index is 13.6. The van der Waals surface area contributed by atoms with Crippen molar-refractivity contribution in [2.75, 3.05) is 7.11 Å². The van der Waals surface area contributed by atoms with Crippen LogP contribution in [0.3, 0.4) is 0 Å². The Morgan fingerprint density at radius 1 is 1.03 bits per heavy atom. The summed E-state index contributed by atoms with van der Waals surface area (Å²) in [5, 5.41) is 10.6. The number of ether oxygens (including phenoxy) is 1. The van der Waals surface area contributed by atoms with Gasteiger partial charge in [0.15, 0.2) is 0 Å². The summed E-state index contributed by atoms with van der Waals surface area (Å²) in [6.07, 6.45) is 8.25. The Balaban J connectivity index is 1.46. The number of hydrogen-bond acceptors (Lipinski definition) is 6. The predicted molar refractivity (Wildman–Crippen MR) is 150 cm³/mol. The average Bonchev–Trinajstić information content (AvgIpc) is 3.25. The maximum atomic E-state index is 13.6. The molecule has 6 nitrogen and oxygen atoms in total. The molecular weight excluding hydrogens is 512 g/mol. The molecule has 4 saturated carbocycles. The summed E-state index contributed by atoms with van der Waals surface area (Å²) in [5.74, 6) is 1.99. The highest BCUT2D eigenvalue weighted by molar-refractivity contribution is 7.86. The quantitative estimate of drug-likeness (QED) is 0.311. The average molecular weight is 561 g/mol. The number of carbonyl (C=O) groups is 1. The van der Waals surface area contributed by atoms with Crippen LogP contribution in [0.1, 0.15) is 90.5 Å². The van der Waals surface area contributed by atoms with E-state index in [9.17, 15) is 18.3 Å². The van der Waals surface area contributed by atoms with Crippen LogP contribution in [0.2, 0.25) is 0 Å². The Morgan fingerprint density at radius 3 is 2.38 bits per heavy atom. The van der Waals surface area contributed by atoms with Crippen LogP contribution in [0.4, 0.5) is 0 Å². The molecule has 218 valence electrons. The van der Waals surface area contributed by atoms with Crippen LogP contribution in [0.15, 0.2) is 29.2 Å². The predicted octanol–water partition coefficient (Wildman–Crippen LogP) is 6.29. The summed E-state index contributed by atoms with van der Waals surface area (Å²) in [7, 11) is -2.46. The molecule has 39 heavy (non-hydrogen) atoms. The number of aryl methyl sites for hydroxylation is 1. The Bertz CT molecular complexity index is 1150. The summed E-state index contributed by atoms with van der Waals surface area (Å²) in [6.45, 7) is 9.08. The van der Waals surface area contributed by atoms with Crippen LogP contribution in [0, 0.1) is 53.3 Å². The molecule has 4 aliphatic rings. The zero-order chi connectivity index (χ0) is 28.2. The van der Waals surface area contributed by atoms with Crippen molar-refractivity contribution < 1.29 is 27.2 Å². The largest absolute Gasteiger partial charge is 0.469 e. The summed E-state index contributed by atoms with van der Waals surface area (Å²) in [6, 6.07) is 6.95. The third-order valence-corrected chi connectivity index (χ3v) is 13.3. The van der Waals surface area contributed by atoms with Crippen molar-refractivity contribution in [3.05, 3.63) is 29.8 Å². The van der Waals surface area contributed by atoms with Gasteiger partial charge in [-0.05, 0) is 123 Å². The van der Waals surface area contributed by atoms with Crippen LogP contribution in [0.5, 0.6) is 0 Å². The fraction of sp³-hybridized carbons (Fsp3) is 0.781. The smallest absolute Gasteiger partial charge is 0.305 e. The van der Waals surface area contributed by atoms with Gasteiger partial charge in [0.2, 0.25) is 0 Å². The van der Waals surface area contributed by atoms with E-state index in [-0.39, 0.29) is 45.7 Å². The monoisotopic (exact) mass is 560 g/mol. The number of carbonyl (C=O) groups excluding carboxylic acids is 1. The van der Waals surface area contributed by atoms with Crippen LogP contribution < -0.4 is 0 Å². The highest BCUT2D eigenvalue weighted by Crippen LogP contribution is 2.69. The molecule has 0 spiro atoms. The molecular formula is C32H48O6S. The fourth-order valence-electron chi connectivity index (χ4n) is 9.82. The molecule has 0 saturated heterocycles. The lowest BCUT2D eigenvalue weighted by molar-refractivity contribution is -0.167. The van der Waals surface area contributed by atoms with Gasteiger partial charge in [0.25, 0.3) is 10.1 Å². The number of aliphatic hydroxyl groups is 1. The SMILES string of the molecule is COC(=O)CC[C@@H](C)[C@H]1CCC2[C@H]3C(CC[C@@]21C)[C@@]1(C)CC[C@@H](O)C[C@H]1C[C@@H]3OS(=O)(=O)c1ccc(C)cc1. The van der Waals surface area contributed by atoms with Gasteiger partial charge in [-0.25, -0.2) is 0 Å². The minimum Gasteiger partial charge on any atom is -0.469 e. The molecule has 0 aromatic heterocycles. The first-order chi connectivity index (χ1) is 18.4. The van der Waals surface area contributed by atoms with E-state index in [1.54, 1.807) is 12.1 Å². The summed E-state index contributed by atoms with van der Waals surface area (Å²) in [4.78, 5) is 12.1. The number of fused-ring (bicyclic) bond motifs is 5. The second-order valence-electron chi connectivity index (χ2n) is 13.9. The van der Waals surface area contributed by atoms with E-state index in [2.05, 4.69) is 20.8 Å². The second-order valence-corrected chi connectivity index (χ2v) is 15.5. The van der Waals surface area contributed by atoms with E-state index in [1.807, 2.05) is 19.1 Å². The number of benzene rings is 1. The summed E-state index contributed by atoms with van der Waals surface area (Å²) in [5.41, 5.74) is 1.22. The lowest BCUT2D eigenvalue weighted by Crippen LogP contribution is -2.59. The lowest BCUT2D eigenvalue weighted by atomic mass is 9.43. The topological polar surface area (TPSA) is 89.9 Å². The zero-order valence-corrected chi connectivity index (χ0v) is 25.2. The van der Waals surface area contributed by atoms with Crippen molar-refractivity contribution in [1.29, 1.82) is 0 Å². The maximum Gasteiger partial charge on any atom is 0.305 e. The first-order valence-electron chi connectivity index (χ1n) is 15.1. The molecule has 7 heteroatoms. The molecule has 10 atom stereocenters. The van der Waals surface area contributed by atoms with Crippen molar-refractivity contribution in [3.8, 4) is 0 Å². The van der Waals surface area contributed by atoms with Crippen molar-refractivity contribution >= 4 is 16.1 Å². The molecule has 4 fully saturated rings. The van der Waals surface area contributed by atoms with Gasteiger partial charge >= 0.3 is 5.97 Å². The molecule has 0 aliphatic heterocycles. The third-order valence-electron chi connectivity index (χ3n) is 12.0. The van der Waals surface area contributed by atoms with Gasteiger partial charge in [-0.3, -0.25) is 8.98 Å². The molecule has 1 N–H and O–H groups in total. The number of methoxy groups -OCH3 is 1. The summed E-state index contributed by atoms with van der Waals surface area (Å²) >= 11 is 0. The first-order valence-corrected chi connectivity index (χ1v) is 16.5. The number of esters is 1. The van der Waals surface area contributed by atoms with Crippen LogP contribution >= 0.6 is 0 Å². The molecule has 5 rings (SSSR count). The second kappa shape index (κ2) is 10.8. The van der Waals surface area contributed by atoms with E-state index in [0.29, 0.717) is 36.5 Å². The van der Waals surface area contributed by atoms with Crippen LogP contribution in [0.25, 0.3) is 0 Å². The highest BCUT2D eigenvalue weighted by Gasteiger charge is 2.63. The van der Waals surface area contributed by atoms with E-state index < -0.39 is 10.1 Å². The Morgan fingerprint density at radius 2 is 1.69 bits per heavy atom. The van der Waals surface area contributed by atoms with Crippen molar-refractivity contribution in [1.82, 2.24) is 0 Å². The first kappa shape index (κ1) is 29.1. The van der Waals surface area contributed by atoms with Gasteiger partial charge in [0, 0.05) is 6.42 Å². The third kappa shape index (κ3) is 5.21. The van der Waals surface area contributed by atoms with E-state index in [4.69, 9.17) is 8.92 Å². The molecule has 1 aromatic rings. The Hall–Kier alpha value is -1.44. The van der Waals surface area contributed by atoms with Crippen LogP contribution in [-0.4, -0.2) is 38.8 Å². The molecule has 0 amide bonds. The standard InChI is InChI=1S/C32H48O6S/c1-20-6-9-24(10-7-20)39(35,36)38-28-19-22-18-23(33)14-16-31(22,3)27-15-17-32(4)25(11-12-26(32)30(27)28)21(2)8-13-29(34)37-5/h6-7,9-10,21-23,25-28,30,33H,8,11-19H2,1-5H3/t21-,22+,23-,25-,26?,27?,28+,30+,31+,32-/m1/s1. The van der Waals surface area contributed by atoms with Gasteiger partial charge in [0.1, 0.15) is 0 Å². The van der Waals surface area contributed by atoms with E-state index in [0.717, 1.165) is 56.9 Å². The van der Waals surface area contributed by atoms with Gasteiger partial charge in [0.05, 0.1) is 24.2 Å². The van der Waals surface area contributed by atoms with Gasteiger partial charge in [-0.1, -0.05) is 38.5 Å². The van der Waals surface area contributed by atoms with Gasteiger partial charge < -0.3 is 9.84 Å². The van der Waals surface area contributed by atoms with Gasteiger partial charge in [-0.2, -0.15) is 8.42 Å². The van der Waals surface area contributed by atoms with E-state index in [1.165, 1.54) is 7.11 Å². The molecule has 0 bridgehead atoms. The normalized spacial score (nSPS) is 40.7. The Kier molecular flexibility index (Phi) is 8.02. The van der Waals surface area contributed by atoms with Crippen molar-refractivity contribution in [2.24, 2.45) is 46.3 Å². The summed E-state index contributed by atoms with van der Waals surface area (Å²) < 4.78 is 38.4. The van der Waals surface area contributed by atoms with Gasteiger partial charge in [-0.15, -0.1) is 0 Å². The fourth-order valence-corrected chi connectivity index (χ4v) is 10.9. The molecule has 4 aliphatic carbocycles. The molecule has 0 heterocycles. The molecule has 1 aromatic carbocycles. The lowest BCUT2D eigenvalue weighted by Gasteiger charge is -2.62. The van der Waals surface area contributed by atoms with Crippen molar-refractivity contribution in [3.63, 3.8) is 0 Å². The van der Waals surface area contributed by atoms with E-state index >= 15 is 0 Å². The molecule has 2 unspecified atom stereocenters. The molecule has 0 radical (unpaired) electrons. The van der Waals surface area contributed by atoms with Crippen molar-refractivity contribution in [2.45, 2.75) is 109 Å². The number of rotatable bonds is 7. The minimum absolute atomic E-state index is 0.101. The Labute approximate surface area is 235 Å². The minimum atomic E-state index is -3.91. The highest BCUT2D eigenvalue weighted by atomic mass is 32.2. The zero-order valence-electron chi connectivity index (χ0n) is 24.4. The van der Waals surface area contributed by atoms with Crippen LogP contribution in [-0.2, 0) is 23.8 Å².